The minimum atomic E-state index is -3.55. The molecule has 0 saturated carbocycles. The predicted octanol–water partition coefficient (Wildman–Crippen LogP) is 1.77. The van der Waals surface area contributed by atoms with E-state index in [-0.39, 0.29) is 23.0 Å². The van der Waals surface area contributed by atoms with Crippen LogP contribution in [0.15, 0.2) is 17.0 Å². The highest BCUT2D eigenvalue weighted by Crippen LogP contribution is 2.27. The van der Waals surface area contributed by atoms with E-state index in [1.54, 1.807) is 6.92 Å². The lowest BCUT2D eigenvalue weighted by molar-refractivity contribution is 0.408. The van der Waals surface area contributed by atoms with E-state index in [2.05, 4.69) is 0 Å². The van der Waals surface area contributed by atoms with Gasteiger partial charge in [-0.2, -0.15) is 4.31 Å². The first-order chi connectivity index (χ1) is 8.87. The number of halogens is 1. The minimum Gasteiger partial charge on any atom is -0.326 e. The van der Waals surface area contributed by atoms with Crippen molar-refractivity contribution in [1.82, 2.24) is 4.31 Å². The molecule has 0 aromatic heterocycles. The number of sulfonamides is 1. The fraction of sp³-hybridized carbons (Fsp3) is 0.538. The molecule has 1 fully saturated rings. The summed E-state index contributed by atoms with van der Waals surface area (Å²) in [6.45, 7) is 3.97. The van der Waals surface area contributed by atoms with Crippen LogP contribution in [0.25, 0.3) is 0 Å². The van der Waals surface area contributed by atoms with Gasteiger partial charge in [-0.15, -0.1) is 0 Å². The monoisotopic (exact) mass is 286 g/mol. The first-order valence-corrected chi connectivity index (χ1v) is 7.83. The van der Waals surface area contributed by atoms with Gasteiger partial charge in [-0.25, -0.2) is 12.8 Å². The topological polar surface area (TPSA) is 63.4 Å². The van der Waals surface area contributed by atoms with Crippen LogP contribution in [0.4, 0.5) is 4.39 Å². The molecule has 1 saturated heterocycles. The second-order valence-electron chi connectivity index (χ2n) is 5.02. The Kier molecular flexibility index (Phi) is 3.94. The van der Waals surface area contributed by atoms with Crippen molar-refractivity contribution in [2.75, 3.05) is 6.54 Å². The Hall–Kier alpha value is -0.980. The third-order valence-electron chi connectivity index (χ3n) is 3.62. The van der Waals surface area contributed by atoms with E-state index < -0.39 is 15.8 Å². The highest BCUT2D eigenvalue weighted by atomic mass is 32.2. The van der Waals surface area contributed by atoms with Gasteiger partial charge in [0.25, 0.3) is 0 Å². The van der Waals surface area contributed by atoms with E-state index in [1.165, 1.54) is 16.4 Å². The lowest BCUT2D eigenvalue weighted by Gasteiger charge is -2.21. The molecule has 106 valence electrons. The fourth-order valence-corrected chi connectivity index (χ4v) is 4.34. The summed E-state index contributed by atoms with van der Waals surface area (Å²) in [7, 11) is -3.55. The molecule has 1 heterocycles. The van der Waals surface area contributed by atoms with Gasteiger partial charge in [0.1, 0.15) is 5.82 Å². The van der Waals surface area contributed by atoms with Crippen molar-refractivity contribution in [1.29, 1.82) is 0 Å². The summed E-state index contributed by atoms with van der Waals surface area (Å²) in [5, 5.41) is 0. The quantitative estimate of drug-likeness (QED) is 0.921. The molecule has 0 aliphatic carbocycles. The van der Waals surface area contributed by atoms with Crippen molar-refractivity contribution in [3.05, 3.63) is 29.1 Å². The average molecular weight is 286 g/mol. The molecule has 6 heteroatoms. The summed E-state index contributed by atoms with van der Waals surface area (Å²) >= 11 is 0. The highest BCUT2D eigenvalue weighted by molar-refractivity contribution is 7.89. The van der Waals surface area contributed by atoms with Crippen molar-refractivity contribution >= 4 is 10.0 Å². The van der Waals surface area contributed by atoms with Crippen LogP contribution < -0.4 is 5.73 Å². The van der Waals surface area contributed by atoms with Gasteiger partial charge in [0.05, 0.1) is 4.90 Å². The van der Waals surface area contributed by atoms with Crippen molar-refractivity contribution in [2.45, 2.75) is 44.2 Å². The van der Waals surface area contributed by atoms with Crippen molar-refractivity contribution in [3.8, 4) is 0 Å². The Morgan fingerprint density at radius 2 is 2.16 bits per heavy atom. The Labute approximate surface area is 113 Å². The molecule has 0 spiro atoms. The number of hydrogen-bond acceptors (Lipinski definition) is 3. The van der Waals surface area contributed by atoms with Gasteiger partial charge in [0, 0.05) is 24.7 Å². The SMILES string of the molecule is Cc1cc(S(=O)(=O)N2CCCC2C)cc(CN)c1F. The number of nitrogens with two attached hydrogens (primary N) is 1. The molecule has 0 radical (unpaired) electrons. The van der Waals surface area contributed by atoms with Crippen molar-refractivity contribution in [3.63, 3.8) is 0 Å². The van der Waals surface area contributed by atoms with E-state index >= 15 is 0 Å². The van der Waals surface area contributed by atoms with Crippen molar-refractivity contribution in [2.24, 2.45) is 5.73 Å². The van der Waals surface area contributed by atoms with Crippen LogP contribution in [0.1, 0.15) is 30.9 Å². The van der Waals surface area contributed by atoms with Gasteiger partial charge < -0.3 is 5.73 Å². The Morgan fingerprint density at radius 3 is 2.68 bits per heavy atom. The van der Waals surface area contributed by atoms with Crippen molar-refractivity contribution < 1.29 is 12.8 Å². The third-order valence-corrected chi connectivity index (χ3v) is 5.61. The van der Waals surface area contributed by atoms with Crippen LogP contribution in [-0.4, -0.2) is 25.3 Å². The molecule has 1 aromatic rings. The number of rotatable bonds is 3. The van der Waals surface area contributed by atoms with Crippen LogP contribution in [0.5, 0.6) is 0 Å². The summed E-state index contributed by atoms with van der Waals surface area (Å²) in [4.78, 5) is 0.139. The molecular formula is C13H19FN2O2S. The lowest BCUT2D eigenvalue weighted by Crippen LogP contribution is -2.33. The van der Waals surface area contributed by atoms with Gasteiger partial charge in [0.15, 0.2) is 0 Å². The van der Waals surface area contributed by atoms with Crippen LogP contribution in [0.3, 0.4) is 0 Å². The summed E-state index contributed by atoms with van der Waals surface area (Å²) in [5.41, 5.74) is 6.02. The molecule has 0 amide bonds. The van der Waals surface area contributed by atoms with E-state index in [0.717, 1.165) is 12.8 Å². The van der Waals surface area contributed by atoms with Gasteiger partial charge in [-0.3, -0.25) is 0 Å². The van der Waals surface area contributed by atoms with Gasteiger partial charge >= 0.3 is 0 Å². The number of hydrogen-bond donors (Lipinski definition) is 1. The molecule has 1 aromatic carbocycles. The van der Waals surface area contributed by atoms with E-state index in [4.69, 9.17) is 5.73 Å². The van der Waals surface area contributed by atoms with Crippen LogP contribution >= 0.6 is 0 Å². The number of aryl methyl sites for hydroxylation is 1. The second-order valence-corrected chi connectivity index (χ2v) is 6.91. The average Bonchev–Trinajstić information content (AvgIpc) is 2.79. The number of nitrogens with zero attached hydrogens (tertiary/aromatic N) is 1. The molecular weight excluding hydrogens is 267 g/mol. The Bertz CT molecular complexity index is 587. The summed E-state index contributed by atoms with van der Waals surface area (Å²) in [5.74, 6) is -0.420. The maximum absolute atomic E-state index is 13.7. The summed E-state index contributed by atoms with van der Waals surface area (Å²) < 4.78 is 40.3. The molecule has 1 atom stereocenters. The molecule has 0 bridgehead atoms. The van der Waals surface area contributed by atoms with E-state index in [0.29, 0.717) is 12.1 Å². The normalized spacial score (nSPS) is 20.9. The lowest BCUT2D eigenvalue weighted by atomic mass is 10.1. The zero-order chi connectivity index (χ0) is 14.2. The first kappa shape index (κ1) is 14.4. The summed E-state index contributed by atoms with van der Waals surface area (Å²) in [6, 6.07) is 2.73. The van der Waals surface area contributed by atoms with Crippen LogP contribution in [0, 0.1) is 12.7 Å². The van der Waals surface area contributed by atoms with Crippen LogP contribution in [-0.2, 0) is 16.6 Å². The molecule has 1 aliphatic heterocycles. The zero-order valence-corrected chi connectivity index (χ0v) is 12.0. The third kappa shape index (κ3) is 2.52. The molecule has 1 aliphatic rings. The van der Waals surface area contributed by atoms with Gasteiger partial charge in [0.2, 0.25) is 10.0 Å². The maximum atomic E-state index is 13.7. The zero-order valence-electron chi connectivity index (χ0n) is 11.2. The van der Waals surface area contributed by atoms with Gasteiger partial charge in [-0.1, -0.05) is 0 Å². The highest BCUT2D eigenvalue weighted by Gasteiger charge is 2.33. The van der Waals surface area contributed by atoms with Crippen LogP contribution in [0.2, 0.25) is 0 Å². The molecule has 2 rings (SSSR count). The fourth-order valence-electron chi connectivity index (χ4n) is 2.50. The Balaban J connectivity index is 2.49. The second kappa shape index (κ2) is 5.19. The van der Waals surface area contributed by atoms with E-state index in [1.807, 2.05) is 6.92 Å². The maximum Gasteiger partial charge on any atom is 0.243 e. The van der Waals surface area contributed by atoms with Gasteiger partial charge in [-0.05, 0) is 44.4 Å². The molecule has 4 nitrogen and oxygen atoms in total. The Morgan fingerprint density at radius 1 is 1.47 bits per heavy atom. The minimum absolute atomic E-state index is 0.00307. The van der Waals surface area contributed by atoms with E-state index in [9.17, 15) is 12.8 Å². The standard InChI is InChI=1S/C13H19FN2O2S/c1-9-6-12(7-11(8-15)13(9)14)19(17,18)16-5-3-4-10(16)2/h6-7,10H,3-5,8,15H2,1-2H3. The number of benzene rings is 1. The predicted molar refractivity (Wildman–Crippen MR) is 71.6 cm³/mol. The molecule has 1 unspecified atom stereocenters. The molecule has 2 N–H and O–H groups in total. The first-order valence-electron chi connectivity index (χ1n) is 6.39. The molecule has 19 heavy (non-hydrogen) atoms. The smallest absolute Gasteiger partial charge is 0.243 e. The summed E-state index contributed by atoms with van der Waals surface area (Å²) in [6.07, 6.45) is 1.73. The largest absolute Gasteiger partial charge is 0.326 e.